The van der Waals surface area contributed by atoms with Gasteiger partial charge in [-0.05, 0) is 36.8 Å². The Kier molecular flexibility index (Phi) is 3.82. The molecule has 0 N–H and O–H groups in total. The molecule has 0 aliphatic rings. The average Bonchev–Trinajstić information content (AvgIpc) is 2.92. The molecule has 23 heavy (non-hydrogen) atoms. The molecule has 0 fully saturated rings. The zero-order valence-corrected chi connectivity index (χ0v) is 12.4. The van der Waals surface area contributed by atoms with Gasteiger partial charge in [0.05, 0.1) is 16.6 Å². The number of carbonyl (C=O) groups excluding carboxylic acids is 1. The fourth-order valence-electron chi connectivity index (χ4n) is 2.36. The van der Waals surface area contributed by atoms with Crippen molar-refractivity contribution in [3.63, 3.8) is 0 Å². The number of nitrogens with zero attached hydrogens (tertiary/aromatic N) is 2. The van der Waals surface area contributed by atoms with E-state index in [0.29, 0.717) is 16.7 Å². The van der Waals surface area contributed by atoms with Gasteiger partial charge in [0.1, 0.15) is 18.5 Å². The predicted molar refractivity (Wildman–Crippen MR) is 82.4 cm³/mol. The fraction of sp³-hybridized carbons (Fsp3) is 0.111. The number of fused-ring (bicyclic) bond motifs is 1. The minimum Gasteiger partial charge on any atom is -0.457 e. The van der Waals surface area contributed by atoms with Crippen LogP contribution in [0.15, 0.2) is 48.8 Å². The Hall–Kier alpha value is -3.13. The maximum absolute atomic E-state index is 13.5. The van der Waals surface area contributed by atoms with Crippen LogP contribution in [0.25, 0.3) is 5.52 Å². The standard InChI is InChI=1S/C18H13FN2O2/c1-12-5-6-13(8-16(12)19)18(22)23-11-14-10-21-7-3-2-4-17(21)15(14)9-20/h2-8,10H,11H2,1H3. The number of aryl methyl sites for hydroxylation is 1. The van der Waals surface area contributed by atoms with Gasteiger partial charge in [-0.1, -0.05) is 12.1 Å². The Balaban J connectivity index is 1.82. The molecule has 4 nitrogen and oxygen atoms in total. The summed E-state index contributed by atoms with van der Waals surface area (Å²) in [4.78, 5) is 12.0. The van der Waals surface area contributed by atoms with Crippen molar-refractivity contribution in [1.29, 1.82) is 5.26 Å². The van der Waals surface area contributed by atoms with Gasteiger partial charge in [-0.25, -0.2) is 9.18 Å². The first kappa shape index (κ1) is 14.8. The molecular weight excluding hydrogens is 295 g/mol. The van der Waals surface area contributed by atoms with Crippen LogP contribution in [0.5, 0.6) is 0 Å². The smallest absolute Gasteiger partial charge is 0.338 e. The zero-order chi connectivity index (χ0) is 16.4. The summed E-state index contributed by atoms with van der Waals surface area (Å²) in [5.41, 5.74) is 2.44. The van der Waals surface area contributed by atoms with E-state index in [2.05, 4.69) is 6.07 Å². The van der Waals surface area contributed by atoms with Crippen LogP contribution in [-0.2, 0) is 11.3 Å². The first-order valence-corrected chi connectivity index (χ1v) is 7.02. The first-order valence-electron chi connectivity index (χ1n) is 7.02. The number of aromatic nitrogens is 1. The quantitative estimate of drug-likeness (QED) is 0.694. The highest BCUT2D eigenvalue weighted by Gasteiger charge is 2.14. The lowest BCUT2D eigenvalue weighted by molar-refractivity contribution is 0.0472. The average molecular weight is 308 g/mol. The third kappa shape index (κ3) is 2.79. The highest BCUT2D eigenvalue weighted by atomic mass is 19.1. The van der Waals surface area contributed by atoms with Crippen molar-refractivity contribution in [3.05, 3.63) is 76.9 Å². The van der Waals surface area contributed by atoms with E-state index in [9.17, 15) is 14.4 Å². The molecule has 3 rings (SSSR count). The molecule has 0 saturated carbocycles. The minimum atomic E-state index is -0.622. The van der Waals surface area contributed by atoms with Crippen LogP contribution in [0.1, 0.15) is 27.0 Å². The van der Waals surface area contributed by atoms with Crippen molar-refractivity contribution >= 4 is 11.5 Å². The summed E-state index contributed by atoms with van der Waals surface area (Å²) in [6.45, 7) is 1.58. The Morgan fingerprint density at radius 1 is 1.35 bits per heavy atom. The predicted octanol–water partition coefficient (Wildman–Crippen LogP) is 3.62. The topological polar surface area (TPSA) is 54.5 Å². The molecule has 0 spiro atoms. The molecule has 0 aliphatic carbocycles. The SMILES string of the molecule is Cc1ccc(C(=O)OCc2cn3ccccc3c2C#N)cc1F. The van der Waals surface area contributed by atoms with E-state index in [1.807, 2.05) is 24.4 Å². The summed E-state index contributed by atoms with van der Waals surface area (Å²) in [7, 11) is 0. The Morgan fingerprint density at radius 2 is 2.17 bits per heavy atom. The largest absolute Gasteiger partial charge is 0.457 e. The number of benzene rings is 1. The highest BCUT2D eigenvalue weighted by Crippen LogP contribution is 2.19. The van der Waals surface area contributed by atoms with Crippen LogP contribution < -0.4 is 0 Å². The summed E-state index contributed by atoms with van der Waals surface area (Å²) in [5.74, 6) is -1.07. The molecule has 0 saturated heterocycles. The Morgan fingerprint density at radius 3 is 2.91 bits per heavy atom. The normalized spacial score (nSPS) is 10.5. The second kappa shape index (κ2) is 5.93. The molecule has 0 amide bonds. The van der Waals surface area contributed by atoms with E-state index in [1.54, 1.807) is 17.5 Å². The highest BCUT2D eigenvalue weighted by molar-refractivity contribution is 5.89. The van der Waals surface area contributed by atoms with Crippen molar-refractivity contribution in [2.24, 2.45) is 0 Å². The molecular formula is C18H13FN2O2. The fourth-order valence-corrected chi connectivity index (χ4v) is 2.36. The van der Waals surface area contributed by atoms with Gasteiger partial charge in [-0.2, -0.15) is 5.26 Å². The van der Waals surface area contributed by atoms with Crippen LogP contribution in [0, 0.1) is 24.1 Å². The van der Waals surface area contributed by atoms with Gasteiger partial charge in [-0.15, -0.1) is 0 Å². The number of nitriles is 1. The molecule has 5 heteroatoms. The van der Waals surface area contributed by atoms with Crippen LogP contribution >= 0.6 is 0 Å². The van der Waals surface area contributed by atoms with Gasteiger partial charge >= 0.3 is 5.97 Å². The number of halogens is 1. The second-order valence-electron chi connectivity index (χ2n) is 5.17. The molecule has 114 valence electrons. The number of pyridine rings is 1. The molecule has 0 aliphatic heterocycles. The molecule has 3 aromatic rings. The number of hydrogen-bond donors (Lipinski definition) is 0. The summed E-state index contributed by atoms with van der Waals surface area (Å²) in [6.07, 6.45) is 3.56. The van der Waals surface area contributed by atoms with Gasteiger partial charge in [0.25, 0.3) is 0 Å². The molecule has 0 atom stereocenters. The van der Waals surface area contributed by atoms with Crippen molar-refractivity contribution < 1.29 is 13.9 Å². The molecule has 0 unspecified atom stereocenters. The lowest BCUT2D eigenvalue weighted by Crippen LogP contribution is -2.06. The lowest BCUT2D eigenvalue weighted by Gasteiger charge is -2.05. The number of carbonyl (C=O) groups is 1. The number of esters is 1. The van der Waals surface area contributed by atoms with Crippen LogP contribution in [0.3, 0.4) is 0 Å². The van der Waals surface area contributed by atoms with E-state index in [-0.39, 0.29) is 12.2 Å². The van der Waals surface area contributed by atoms with Crippen molar-refractivity contribution in [2.45, 2.75) is 13.5 Å². The number of rotatable bonds is 3. The number of ether oxygens (including phenoxy) is 1. The van der Waals surface area contributed by atoms with Gasteiger partial charge in [-0.3, -0.25) is 0 Å². The van der Waals surface area contributed by atoms with Crippen LogP contribution in [0.2, 0.25) is 0 Å². The van der Waals surface area contributed by atoms with E-state index < -0.39 is 11.8 Å². The van der Waals surface area contributed by atoms with Gasteiger partial charge in [0.15, 0.2) is 0 Å². The Bertz CT molecular complexity index is 938. The van der Waals surface area contributed by atoms with E-state index >= 15 is 0 Å². The van der Waals surface area contributed by atoms with Gasteiger partial charge in [0.2, 0.25) is 0 Å². The van der Waals surface area contributed by atoms with Gasteiger partial charge < -0.3 is 9.14 Å². The van der Waals surface area contributed by atoms with Crippen LogP contribution in [0.4, 0.5) is 4.39 Å². The lowest BCUT2D eigenvalue weighted by atomic mass is 10.1. The third-order valence-corrected chi connectivity index (χ3v) is 3.64. The second-order valence-corrected chi connectivity index (χ2v) is 5.17. The minimum absolute atomic E-state index is 0.0428. The molecule has 2 aromatic heterocycles. The monoisotopic (exact) mass is 308 g/mol. The molecule has 2 heterocycles. The van der Waals surface area contributed by atoms with E-state index in [0.717, 1.165) is 11.6 Å². The molecule has 0 radical (unpaired) electrons. The van der Waals surface area contributed by atoms with E-state index in [1.165, 1.54) is 12.1 Å². The molecule has 0 bridgehead atoms. The number of hydrogen-bond acceptors (Lipinski definition) is 3. The zero-order valence-electron chi connectivity index (χ0n) is 12.4. The van der Waals surface area contributed by atoms with Crippen molar-refractivity contribution in [3.8, 4) is 6.07 Å². The maximum atomic E-state index is 13.5. The molecule has 1 aromatic carbocycles. The summed E-state index contributed by atoms with van der Waals surface area (Å²) >= 11 is 0. The van der Waals surface area contributed by atoms with Crippen molar-refractivity contribution in [1.82, 2.24) is 4.40 Å². The van der Waals surface area contributed by atoms with Crippen molar-refractivity contribution in [2.75, 3.05) is 0 Å². The summed E-state index contributed by atoms with van der Waals surface area (Å²) in [5, 5.41) is 9.30. The maximum Gasteiger partial charge on any atom is 0.338 e. The summed E-state index contributed by atoms with van der Waals surface area (Å²) in [6, 6.07) is 11.8. The van der Waals surface area contributed by atoms with Gasteiger partial charge in [0, 0.05) is 18.0 Å². The summed E-state index contributed by atoms with van der Waals surface area (Å²) < 4.78 is 20.5. The third-order valence-electron chi connectivity index (χ3n) is 3.64. The first-order chi connectivity index (χ1) is 11.1. The van der Waals surface area contributed by atoms with E-state index in [4.69, 9.17) is 4.74 Å². The van der Waals surface area contributed by atoms with Crippen LogP contribution in [-0.4, -0.2) is 10.4 Å². The Labute approximate surface area is 132 Å².